The molecule has 1 saturated carbocycles. The highest BCUT2D eigenvalue weighted by Gasteiger charge is 2.21. The predicted octanol–water partition coefficient (Wildman–Crippen LogP) is -0.517. The summed E-state index contributed by atoms with van der Waals surface area (Å²) >= 11 is 0. The third-order valence-corrected chi connectivity index (χ3v) is 2.01. The molecule has 4 nitrogen and oxygen atoms in total. The van der Waals surface area contributed by atoms with Crippen LogP contribution in [0.3, 0.4) is 0 Å². The number of carbonyl (C=O) groups excluding carboxylic acids is 1. The van der Waals surface area contributed by atoms with Crippen molar-refractivity contribution in [1.82, 2.24) is 10.6 Å². The Hall–Kier alpha value is -0.610. The lowest BCUT2D eigenvalue weighted by molar-refractivity contribution is -0.120. The zero-order valence-electron chi connectivity index (χ0n) is 8.05. The van der Waals surface area contributed by atoms with E-state index < -0.39 is 6.10 Å². The van der Waals surface area contributed by atoms with Gasteiger partial charge in [-0.3, -0.25) is 4.79 Å². The van der Waals surface area contributed by atoms with Gasteiger partial charge in [-0.05, 0) is 25.7 Å². The second-order valence-electron chi connectivity index (χ2n) is 3.73. The van der Waals surface area contributed by atoms with Crippen LogP contribution in [-0.4, -0.2) is 36.8 Å². The Bertz CT molecular complexity index is 167. The lowest BCUT2D eigenvalue weighted by Gasteiger charge is -2.07. The van der Waals surface area contributed by atoms with Gasteiger partial charge in [-0.25, -0.2) is 0 Å². The molecule has 13 heavy (non-hydrogen) atoms. The quantitative estimate of drug-likeness (QED) is 0.523. The molecule has 0 bridgehead atoms. The topological polar surface area (TPSA) is 61.4 Å². The minimum atomic E-state index is -0.392. The summed E-state index contributed by atoms with van der Waals surface area (Å²) in [7, 11) is 0. The number of aliphatic hydroxyl groups is 1. The van der Waals surface area contributed by atoms with E-state index in [-0.39, 0.29) is 5.91 Å². The van der Waals surface area contributed by atoms with Crippen LogP contribution >= 0.6 is 0 Å². The fourth-order valence-electron chi connectivity index (χ4n) is 1.04. The molecular formula is C9H18N2O2. The number of amides is 1. The van der Waals surface area contributed by atoms with Crippen molar-refractivity contribution < 1.29 is 9.90 Å². The van der Waals surface area contributed by atoms with Gasteiger partial charge in [-0.2, -0.15) is 0 Å². The first kappa shape index (κ1) is 10.5. The van der Waals surface area contributed by atoms with Crippen molar-refractivity contribution in [2.45, 2.75) is 25.9 Å². The summed E-state index contributed by atoms with van der Waals surface area (Å²) in [5.41, 5.74) is 0. The molecule has 0 aromatic heterocycles. The van der Waals surface area contributed by atoms with E-state index >= 15 is 0 Å². The molecule has 1 unspecified atom stereocenters. The van der Waals surface area contributed by atoms with Crippen molar-refractivity contribution in [3.63, 3.8) is 0 Å². The fourth-order valence-corrected chi connectivity index (χ4v) is 1.04. The summed E-state index contributed by atoms with van der Waals surface area (Å²) < 4.78 is 0. The Kier molecular flexibility index (Phi) is 4.18. The second kappa shape index (κ2) is 5.19. The molecule has 0 saturated heterocycles. The zero-order valence-corrected chi connectivity index (χ0v) is 8.05. The summed E-state index contributed by atoms with van der Waals surface area (Å²) in [4.78, 5) is 11.1. The molecule has 1 aliphatic carbocycles. The number of aliphatic hydroxyl groups excluding tert-OH is 1. The Morgan fingerprint density at radius 1 is 1.62 bits per heavy atom. The Morgan fingerprint density at radius 2 is 2.31 bits per heavy atom. The first-order valence-corrected chi connectivity index (χ1v) is 4.84. The maximum absolute atomic E-state index is 11.1. The molecule has 1 atom stereocenters. The van der Waals surface area contributed by atoms with Gasteiger partial charge in [-0.1, -0.05) is 0 Å². The second-order valence-corrected chi connectivity index (χ2v) is 3.73. The van der Waals surface area contributed by atoms with E-state index in [1.807, 2.05) is 0 Å². The third kappa shape index (κ3) is 5.60. The van der Waals surface area contributed by atoms with Crippen LogP contribution in [0.25, 0.3) is 0 Å². The summed E-state index contributed by atoms with van der Waals surface area (Å²) in [5.74, 6) is 0.744. The van der Waals surface area contributed by atoms with Crippen LogP contribution in [0.4, 0.5) is 0 Å². The van der Waals surface area contributed by atoms with Gasteiger partial charge in [0.25, 0.3) is 0 Å². The van der Waals surface area contributed by atoms with Crippen molar-refractivity contribution >= 4 is 5.91 Å². The van der Waals surface area contributed by atoms with Gasteiger partial charge < -0.3 is 15.7 Å². The average Bonchev–Trinajstić information content (AvgIpc) is 2.83. The zero-order chi connectivity index (χ0) is 9.68. The molecule has 76 valence electrons. The lowest BCUT2D eigenvalue weighted by atomic mass is 10.4. The van der Waals surface area contributed by atoms with Crippen molar-refractivity contribution in [1.29, 1.82) is 0 Å². The van der Waals surface area contributed by atoms with E-state index in [0.717, 1.165) is 12.5 Å². The van der Waals surface area contributed by atoms with Gasteiger partial charge in [0.1, 0.15) is 0 Å². The normalized spacial score (nSPS) is 18.3. The van der Waals surface area contributed by atoms with Gasteiger partial charge in [0.05, 0.1) is 12.6 Å². The average molecular weight is 186 g/mol. The molecular weight excluding hydrogens is 168 g/mol. The van der Waals surface area contributed by atoms with Gasteiger partial charge in [0.2, 0.25) is 5.91 Å². The predicted molar refractivity (Wildman–Crippen MR) is 50.3 cm³/mol. The molecule has 0 aromatic rings. The highest BCUT2D eigenvalue weighted by atomic mass is 16.3. The van der Waals surface area contributed by atoms with Crippen LogP contribution < -0.4 is 10.6 Å². The largest absolute Gasteiger partial charge is 0.392 e. The number of rotatable bonds is 6. The summed E-state index contributed by atoms with van der Waals surface area (Å²) in [5, 5.41) is 14.6. The number of hydrogen-bond donors (Lipinski definition) is 3. The molecule has 0 heterocycles. The first-order valence-electron chi connectivity index (χ1n) is 4.84. The summed E-state index contributed by atoms with van der Waals surface area (Å²) in [6.07, 6.45) is 2.11. The number of carbonyl (C=O) groups is 1. The maximum Gasteiger partial charge on any atom is 0.233 e. The smallest absolute Gasteiger partial charge is 0.233 e. The number of nitrogens with one attached hydrogen (secondary N) is 2. The van der Waals surface area contributed by atoms with Gasteiger partial charge in [0, 0.05) is 13.1 Å². The van der Waals surface area contributed by atoms with Crippen molar-refractivity contribution in [2.24, 2.45) is 5.92 Å². The minimum absolute atomic E-state index is 0.0209. The maximum atomic E-state index is 11.1. The van der Waals surface area contributed by atoms with Crippen molar-refractivity contribution in [3.8, 4) is 0 Å². The van der Waals surface area contributed by atoms with E-state index in [1.54, 1.807) is 6.92 Å². The molecule has 4 heteroatoms. The van der Waals surface area contributed by atoms with Crippen LogP contribution in [-0.2, 0) is 4.79 Å². The highest BCUT2D eigenvalue weighted by molar-refractivity contribution is 5.77. The molecule has 0 aliphatic heterocycles. The highest BCUT2D eigenvalue weighted by Crippen LogP contribution is 2.27. The summed E-state index contributed by atoms with van der Waals surface area (Å²) in [6.45, 7) is 3.28. The molecule has 1 aliphatic rings. The van der Waals surface area contributed by atoms with E-state index in [4.69, 9.17) is 5.11 Å². The van der Waals surface area contributed by atoms with Crippen LogP contribution in [0.5, 0.6) is 0 Å². The van der Waals surface area contributed by atoms with Gasteiger partial charge in [-0.15, -0.1) is 0 Å². The van der Waals surface area contributed by atoms with E-state index in [2.05, 4.69) is 10.6 Å². The standard InChI is InChI=1S/C9H18N2O2/c1-7(12)4-10-6-9(13)11-5-8-2-3-8/h7-8,10,12H,2-6H2,1H3,(H,11,13). The van der Waals surface area contributed by atoms with E-state index in [0.29, 0.717) is 13.1 Å². The van der Waals surface area contributed by atoms with Crippen LogP contribution in [0.2, 0.25) is 0 Å². The SMILES string of the molecule is CC(O)CNCC(=O)NCC1CC1. The lowest BCUT2D eigenvalue weighted by Crippen LogP contribution is -2.37. The van der Waals surface area contributed by atoms with Gasteiger partial charge >= 0.3 is 0 Å². The Morgan fingerprint density at radius 3 is 2.85 bits per heavy atom. The Labute approximate surface area is 78.7 Å². The molecule has 0 radical (unpaired) electrons. The van der Waals surface area contributed by atoms with Crippen LogP contribution in [0.15, 0.2) is 0 Å². The van der Waals surface area contributed by atoms with Crippen LogP contribution in [0.1, 0.15) is 19.8 Å². The van der Waals surface area contributed by atoms with Crippen molar-refractivity contribution in [3.05, 3.63) is 0 Å². The number of hydrogen-bond acceptors (Lipinski definition) is 3. The molecule has 3 N–H and O–H groups in total. The molecule has 1 rings (SSSR count). The fraction of sp³-hybridized carbons (Fsp3) is 0.889. The molecule has 0 aromatic carbocycles. The molecule has 0 spiro atoms. The molecule has 1 fully saturated rings. The third-order valence-electron chi connectivity index (χ3n) is 2.01. The van der Waals surface area contributed by atoms with E-state index in [1.165, 1.54) is 12.8 Å². The van der Waals surface area contributed by atoms with E-state index in [9.17, 15) is 4.79 Å². The Balaban J connectivity index is 1.90. The first-order chi connectivity index (χ1) is 6.18. The minimum Gasteiger partial charge on any atom is -0.392 e. The van der Waals surface area contributed by atoms with Gasteiger partial charge in [0.15, 0.2) is 0 Å². The summed E-state index contributed by atoms with van der Waals surface area (Å²) in [6, 6.07) is 0. The monoisotopic (exact) mass is 186 g/mol. The molecule has 1 amide bonds. The van der Waals surface area contributed by atoms with Crippen molar-refractivity contribution in [2.75, 3.05) is 19.6 Å². The van der Waals surface area contributed by atoms with Crippen LogP contribution in [0, 0.1) is 5.92 Å².